The zero-order chi connectivity index (χ0) is 16.3. The van der Waals surface area contributed by atoms with Gasteiger partial charge in [0.15, 0.2) is 0 Å². The molecule has 1 aromatic carbocycles. The van der Waals surface area contributed by atoms with E-state index in [0.29, 0.717) is 5.56 Å². The molecule has 1 aromatic heterocycles. The van der Waals surface area contributed by atoms with Crippen LogP contribution in [0.3, 0.4) is 0 Å². The standard InChI is InChI=1S/C17H17FN2O2/c1-10(2)12-6-5-11(3)9-13(12)17(21)19-14-7-8-15(22-4)20-16(14)18/h5-9H,1H2,2-4H3,(H,19,21). The first-order valence-electron chi connectivity index (χ1n) is 6.70. The summed E-state index contributed by atoms with van der Waals surface area (Å²) in [5.41, 5.74) is 2.87. The van der Waals surface area contributed by atoms with Crippen molar-refractivity contribution in [3.63, 3.8) is 0 Å². The van der Waals surface area contributed by atoms with Gasteiger partial charge in [-0.1, -0.05) is 29.8 Å². The molecule has 114 valence electrons. The molecule has 2 rings (SSSR count). The fourth-order valence-electron chi connectivity index (χ4n) is 2.03. The van der Waals surface area contributed by atoms with Gasteiger partial charge in [0.25, 0.3) is 5.91 Å². The monoisotopic (exact) mass is 300 g/mol. The Morgan fingerprint density at radius 1 is 1.27 bits per heavy atom. The van der Waals surface area contributed by atoms with Crippen LogP contribution in [0.2, 0.25) is 0 Å². The third-order valence-electron chi connectivity index (χ3n) is 3.16. The average Bonchev–Trinajstić information content (AvgIpc) is 2.48. The van der Waals surface area contributed by atoms with E-state index in [1.807, 2.05) is 26.0 Å². The number of ether oxygens (including phenoxy) is 1. The fourth-order valence-corrected chi connectivity index (χ4v) is 2.03. The molecule has 0 saturated heterocycles. The molecule has 1 N–H and O–H groups in total. The average molecular weight is 300 g/mol. The molecule has 22 heavy (non-hydrogen) atoms. The summed E-state index contributed by atoms with van der Waals surface area (Å²) in [4.78, 5) is 16.0. The van der Waals surface area contributed by atoms with Crippen LogP contribution in [0.5, 0.6) is 5.88 Å². The van der Waals surface area contributed by atoms with Crippen molar-refractivity contribution in [3.05, 3.63) is 59.5 Å². The predicted octanol–water partition coefficient (Wildman–Crippen LogP) is 3.82. The molecular weight excluding hydrogens is 283 g/mol. The van der Waals surface area contributed by atoms with Crippen LogP contribution in [0.25, 0.3) is 5.57 Å². The molecule has 0 saturated carbocycles. The van der Waals surface area contributed by atoms with E-state index in [1.54, 1.807) is 6.07 Å². The van der Waals surface area contributed by atoms with Crippen LogP contribution in [-0.4, -0.2) is 18.0 Å². The lowest BCUT2D eigenvalue weighted by atomic mass is 9.99. The Bertz CT molecular complexity index is 741. The number of hydrogen-bond acceptors (Lipinski definition) is 3. The van der Waals surface area contributed by atoms with Crippen molar-refractivity contribution in [3.8, 4) is 5.88 Å². The Morgan fingerprint density at radius 3 is 2.59 bits per heavy atom. The number of carbonyl (C=O) groups is 1. The van der Waals surface area contributed by atoms with Crippen molar-refractivity contribution in [1.29, 1.82) is 0 Å². The lowest BCUT2D eigenvalue weighted by Gasteiger charge is -2.11. The van der Waals surface area contributed by atoms with Crippen LogP contribution >= 0.6 is 0 Å². The van der Waals surface area contributed by atoms with E-state index in [-0.39, 0.29) is 11.6 Å². The lowest BCUT2D eigenvalue weighted by Crippen LogP contribution is -2.15. The van der Waals surface area contributed by atoms with Crippen molar-refractivity contribution in [2.75, 3.05) is 12.4 Å². The van der Waals surface area contributed by atoms with E-state index in [2.05, 4.69) is 16.9 Å². The number of aromatic nitrogens is 1. The zero-order valence-corrected chi connectivity index (χ0v) is 12.7. The number of rotatable bonds is 4. The van der Waals surface area contributed by atoms with Crippen LogP contribution in [-0.2, 0) is 0 Å². The predicted molar refractivity (Wildman–Crippen MR) is 84.6 cm³/mol. The van der Waals surface area contributed by atoms with Crippen LogP contribution in [0.1, 0.15) is 28.4 Å². The minimum Gasteiger partial charge on any atom is -0.481 e. The third kappa shape index (κ3) is 3.31. The lowest BCUT2D eigenvalue weighted by molar-refractivity contribution is 0.102. The largest absolute Gasteiger partial charge is 0.481 e. The molecule has 5 heteroatoms. The molecule has 1 amide bonds. The number of nitrogens with zero attached hydrogens (tertiary/aromatic N) is 1. The number of pyridine rings is 1. The Balaban J connectivity index is 2.33. The molecule has 0 bridgehead atoms. The minimum absolute atomic E-state index is 0.0000265. The summed E-state index contributed by atoms with van der Waals surface area (Å²) in [5.74, 6) is -1.06. The Kier molecular flexibility index (Phi) is 4.56. The maximum absolute atomic E-state index is 13.8. The van der Waals surface area contributed by atoms with Crippen molar-refractivity contribution in [2.24, 2.45) is 0 Å². The molecule has 0 aliphatic heterocycles. The molecule has 0 spiro atoms. The van der Waals surface area contributed by atoms with Gasteiger partial charge in [0.05, 0.1) is 12.8 Å². The molecule has 1 heterocycles. The second kappa shape index (κ2) is 6.39. The molecule has 0 atom stereocenters. The molecular formula is C17H17FN2O2. The van der Waals surface area contributed by atoms with Gasteiger partial charge in [0, 0.05) is 11.6 Å². The van der Waals surface area contributed by atoms with Crippen molar-refractivity contribution < 1.29 is 13.9 Å². The van der Waals surface area contributed by atoms with E-state index in [1.165, 1.54) is 19.2 Å². The second-order valence-electron chi connectivity index (χ2n) is 4.98. The van der Waals surface area contributed by atoms with Gasteiger partial charge < -0.3 is 10.1 Å². The minimum atomic E-state index is -0.794. The topological polar surface area (TPSA) is 51.2 Å². The zero-order valence-electron chi connectivity index (χ0n) is 12.7. The van der Waals surface area contributed by atoms with E-state index in [0.717, 1.165) is 16.7 Å². The van der Waals surface area contributed by atoms with Crippen LogP contribution in [0, 0.1) is 12.9 Å². The molecule has 0 fully saturated rings. The summed E-state index contributed by atoms with van der Waals surface area (Å²) in [6.45, 7) is 7.56. The number of nitrogens with one attached hydrogen (secondary N) is 1. The van der Waals surface area contributed by atoms with Crippen molar-refractivity contribution in [1.82, 2.24) is 4.98 Å². The first-order valence-corrected chi connectivity index (χ1v) is 6.70. The quantitative estimate of drug-likeness (QED) is 0.873. The van der Waals surface area contributed by atoms with Gasteiger partial charge in [0.2, 0.25) is 11.8 Å². The van der Waals surface area contributed by atoms with Gasteiger partial charge in [-0.15, -0.1) is 0 Å². The van der Waals surface area contributed by atoms with Crippen LogP contribution in [0.15, 0.2) is 36.9 Å². The van der Waals surface area contributed by atoms with Gasteiger partial charge in [-0.25, -0.2) is 0 Å². The maximum Gasteiger partial charge on any atom is 0.256 e. The molecule has 2 aromatic rings. The maximum atomic E-state index is 13.8. The highest BCUT2D eigenvalue weighted by molar-refractivity contribution is 6.07. The summed E-state index contributed by atoms with van der Waals surface area (Å²) in [6, 6.07) is 8.36. The highest BCUT2D eigenvalue weighted by Gasteiger charge is 2.15. The van der Waals surface area contributed by atoms with Gasteiger partial charge in [-0.05, 0) is 31.5 Å². The summed E-state index contributed by atoms with van der Waals surface area (Å²) < 4.78 is 18.7. The van der Waals surface area contributed by atoms with E-state index >= 15 is 0 Å². The molecule has 0 aliphatic rings. The molecule has 0 aliphatic carbocycles. The highest BCUT2D eigenvalue weighted by atomic mass is 19.1. The number of anilines is 1. The van der Waals surface area contributed by atoms with Gasteiger partial charge in [0.1, 0.15) is 0 Å². The van der Waals surface area contributed by atoms with Gasteiger partial charge in [-0.2, -0.15) is 9.37 Å². The van der Waals surface area contributed by atoms with Crippen LogP contribution < -0.4 is 10.1 Å². The Morgan fingerprint density at radius 2 is 2.00 bits per heavy atom. The summed E-state index contributed by atoms with van der Waals surface area (Å²) in [5, 5.41) is 2.53. The molecule has 4 nitrogen and oxygen atoms in total. The van der Waals surface area contributed by atoms with Crippen molar-refractivity contribution >= 4 is 17.2 Å². The molecule has 0 unspecified atom stereocenters. The first kappa shape index (κ1) is 15.7. The van der Waals surface area contributed by atoms with E-state index in [4.69, 9.17) is 4.74 Å². The first-order chi connectivity index (χ1) is 10.4. The SMILES string of the molecule is C=C(C)c1ccc(C)cc1C(=O)Nc1ccc(OC)nc1F. The van der Waals surface area contributed by atoms with Gasteiger partial charge in [-0.3, -0.25) is 4.79 Å². The van der Waals surface area contributed by atoms with E-state index < -0.39 is 11.9 Å². The number of hydrogen-bond donors (Lipinski definition) is 1. The fraction of sp³-hybridized carbons (Fsp3) is 0.176. The number of benzene rings is 1. The number of allylic oxidation sites excluding steroid dienone is 1. The Labute approximate surface area is 128 Å². The number of methoxy groups -OCH3 is 1. The summed E-state index contributed by atoms with van der Waals surface area (Å²) in [7, 11) is 1.39. The van der Waals surface area contributed by atoms with Crippen LogP contribution in [0.4, 0.5) is 10.1 Å². The van der Waals surface area contributed by atoms with Gasteiger partial charge >= 0.3 is 0 Å². The smallest absolute Gasteiger partial charge is 0.256 e. The molecule has 0 radical (unpaired) electrons. The third-order valence-corrected chi connectivity index (χ3v) is 3.16. The van der Waals surface area contributed by atoms with E-state index in [9.17, 15) is 9.18 Å². The normalized spacial score (nSPS) is 10.2. The highest BCUT2D eigenvalue weighted by Crippen LogP contribution is 2.22. The Hall–Kier alpha value is -2.69. The number of aryl methyl sites for hydroxylation is 1. The summed E-state index contributed by atoms with van der Waals surface area (Å²) in [6.07, 6.45) is 0. The number of amides is 1. The summed E-state index contributed by atoms with van der Waals surface area (Å²) >= 11 is 0. The van der Waals surface area contributed by atoms with Crippen molar-refractivity contribution in [2.45, 2.75) is 13.8 Å². The number of halogens is 1. The number of carbonyl (C=O) groups excluding carboxylic acids is 1. The second-order valence-corrected chi connectivity index (χ2v) is 4.98.